The average molecular weight is 150 g/mol. The van der Waals surface area contributed by atoms with Crippen molar-refractivity contribution in [3.8, 4) is 0 Å². The third kappa shape index (κ3) is 2.11. The highest BCUT2D eigenvalue weighted by Gasteiger charge is 2.04. The maximum Gasteiger partial charge on any atom is 0.200 e. The molecule has 0 aromatic carbocycles. The van der Waals surface area contributed by atoms with Gasteiger partial charge in [-0.1, -0.05) is 6.92 Å². The number of hydrogen-bond donors (Lipinski definition) is 0. The van der Waals surface area contributed by atoms with Crippen molar-refractivity contribution in [3.05, 3.63) is 24.3 Å². The lowest BCUT2D eigenvalue weighted by Crippen LogP contribution is -2.03. The van der Waals surface area contributed by atoms with Gasteiger partial charge >= 0.3 is 0 Å². The first-order chi connectivity index (χ1) is 5.34. The Hall–Kier alpha value is -1.25. The number of rotatable bonds is 3. The number of carbonyl (C=O) groups excluding carboxylic acids is 1. The van der Waals surface area contributed by atoms with Crippen LogP contribution in [0.4, 0.5) is 0 Å². The molecule has 0 unspecified atom stereocenters. The maximum atomic E-state index is 11.1. The van der Waals surface area contributed by atoms with Crippen LogP contribution in [0.2, 0.25) is 0 Å². The Morgan fingerprint density at radius 1 is 1.45 bits per heavy atom. The second kappa shape index (κ2) is 3.81. The second-order valence-corrected chi connectivity index (χ2v) is 2.25. The van der Waals surface area contributed by atoms with Crippen molar-refractivity contribution < 1.29 is 4.79 Å². The molecule has 11 heavy (non-hydrogen) atoms. The fourth-order valence-corrected chi connectivity index (χ4v) is 0.782. The van der Waals surface area contributed by atoms with Crippen LogP contribution in [0.25, 0.3) is 0 Å². The van der Waals surface area contributed by atoms with E-state index in [1.165, 1.54) is 0 Å². The molecule has 0 spiro atoms. The predicted octanol–water partition coefficient (Wildman–Crippen LogP) is 1.46. The molecule has 0 saturated heterocycles. The molecule has 0 fully saturated rings. The first-order valence-corrected chi connectivity index (χ1v) is 3.65. The number of Topliss-reactive ketones (excluding diaryl/α,β-unsaturated/α-hetero) is 1. The van der Waals surface area contributed by atoms with Crippen molar-refractivity contribution in [3.63, 3.8) is 0 Å². The van der Waals surface area contributed by atoms with Crippen molar-refractivity contribution >= 4 is 5.78 Å². The molecule has 0 N–H and O–H groups in total. The molecule has 3 heteroatoms. The third-order valence-electron chi connectivity index (χ3n) is 1.29. The van der Waals surface area contributed by atoms with Crippen LogP contribution in [0.5, 0.6) is 0 Å². The van der Waals surface area contributed by atoms with Gasteiger partial charge in [0, 0.05) is 18.8 Å². The molecular weight excluding hydrogens is 140 g/mol. The van der Waals surface area contributed by atoms with Crippen LogP contribution in [0, 0.1) is 0 Å². The summed E-state index contributed by atoms with van der Waals surface area (Å²) in [7, 11) is 0. The summed E-state index contributed by atoms with van der Waals surface area (Å²) in [6.07, 6.45) is 4.53. The molecule has 3 nitrogen and oxygen atoms in total. The van der Waals surface area contributed by atoms with E-state index in [1.807, 2.05) is 6.92 Å². The monoisotopic (exact) mass is 150 g/mol. The van der Waals surface area contributed by atoms with Gasteiger partial charge in [-0.3, -0.25) is 4.79 Å². The van der Waals surface area contributed by atoms with Crippen molar-refractivity contribution in [1.29, 1.82) is 0 Å². The summed E-state index contributed by atoms with van der Waals surface area (Å²) >= 11 is 0. The zero-order valence-corrected chi connectivity index (χ0v) is 6.45. The van der Waals surface area contributed by atoms with Crippen molar-refractivity contribution in [1.82, 2.24) is 9.97 Å². The number of carbonyl (C=O) groups is 1. The van der Waals surface area contributed by atoms with E-state index in [9.17, 15) is 4.79 Å². The SMILES string of the molecule is CCCC(=O)c1ncccn1. The van der Waals surface area contributed by atoms with E-state index in [0.717, 1.165) is 6.42 Å². The molecule has 0 aliphatic carbocycles. The van der Waals surface area contributed by atoms with Crippen LogP contribution in [-0.4, -0.2) is 15.8 Å². The van der Waals surface area contributed by atoms with Gasteiger partial charge in [-0.25, -0.2) is 9.97 Å². The minimum atomic E-state index is 0.0214. The van der Waals surface area contributed by atoms with Crippen LogP contribution >= 0.6 is 0 Å². The minimum Gasteiger partial charge on any atom is -0.291 e. The molecule has 0 radical (unpaired) electrons. The molecule has 0 aliphatic rings. The smallest absolute Gasteiger partial charge is 0.200 e. The summed E-state index contributed by atoms with van der Waals surface area (Å²) < 4.78 is 0. The van der Waals surface area contributed by atoms with Gasteiger partial charge < -0.3 is 0 Å². The predicted molar refractivity (Wildman–Crippen MR) is 41.3 cm³/mol. The highest BCUT2D eigenvalue weighted by atomic mass is 16.1. The van der Waals surface area contributed by atoms with Gasteiger partial charge in [0.05, 0.1) is 0 Å². The topological polar surface area (TPSA) is 42.9 Å². The number of hydrogen-bond acceptors (Lipinski definition) is 3. The Bertz CT molecular complexity index is 233. The van der Waals surface area contributed by atoms with Gasteiger partial charge in [0.2, 0.25) is 0 Å². The molecule has 58 valence electrons. The van der Waals surface area contributed by atoms with E-state index in [1.54, 1.807) is 18.5 Å². The lowest BCUT2D eigenvalue weighted by Gasteiger charge is -1.93. The van der Waals surface area contributed by atoms with E-state index in [-0.39, 0.29) is 5.78 Å². The van der Waals surface area contributed by atoms with Gasteiger partial charge in [-0.05, 0) is 12.5 Å². The molecule has 0 aliphatic heterocycles. The average Bonchev–Trinajstić information content (AvgIpc) is 2.07. The largest absolute Gasteiger partial charge is 0.291 e. The molecule has 1 aromatic rings. The van der Waals surface area contributed by atoms with E-state index in [0.29, 0.717) is 12.2 Å². The zero-order chi connectivity index (χ0) is 8.10. The van der Waals surface area contributed by atoms with E-state index in [2.05, 4.69) is 9.97 Å². The van der Waals surface area contributed by atoms with Crippen LogP contribution in [0.3, 0.4) is 0 Å². The normalized spacial score (nSPS) is 9.55. The lowest BCUT2D eigenvalue weighted by atomic mass is 10.2. The van der Waals surface area contributed by atoms with Gasteiger partial charge in [-0.15, -0.1) is 0 Å². The van der Waals surface area contributed by atoms with Crippen molar-refractivity contribution in [2.75, 3.05) is 0 Å². The summed E-state index contributed by atoms with van der Waals surface area (Å²) in [6.45, 7) is 1.96. The number of ketones is 1. The van der Waals surface area contributed by atoms with E-state index < -0.39 is 0 Å². The molecule has 1 rings (SSSR count). The highest BCUT2D eigenvalue weighted by molar-refractivity contribution is 5.92. The highest BCUT2D eigenvalue weighted by Crippen LogP contribution is 1.96. The summed E-state index contributed by atoms with van der Waals surface area (Å²) in [6, 6.07) is 1.70. The summed E-state index contributed by atoms with van der Waals surface area (Å²) in [5.41, 5.74) is 0. The molecule has 1 aromatic heterocycles. The molecule has 0 bridgehead atoms. The second-order valence-electron chi connectivity index (χ2n) is 2.25. The van der Waals surface area contributed by atoms with E-state index >= 15 is 0 Å². The van der Waals surface area contributed by atoms with Crippen molar-refractivity contribution in [2.24, 2.45) is 0 Å². The zero-order valence-electron chi connectivity index (χ0n) is 6.45. The van der Waals surface area contributed by atoms with Crippen LogP contribution in [0.15, 0.2) is 18.5 Å². The molecule has 1 heterocycles. The van der Waals surface area contributed by atoms with Gasteiger partial charge in [-0.2, -0.15) is 0 Å². The van der Waals surface area contributed by atoms with Gasteiger partial charge in [0.15, 0.2) is 11.6 Å². The summed E-state index contributed by atoms with van der Waals surface area (Å²) in [5, 5.41) is 0. The molecular formula is C8H10N2O. The molecule has 0 saturated carbocycles. The summed E-state index contributed by atoms with van der Waals surface area (Å²) in [5.74, 6) is 0.349. The molecule has 0 amide bonds. The van der Waals surface area contributed by atoms with Gasteiger partial charge in [0.25, 0.3) is 0 Å². The van der Waals surface area contributed by atoms with E-state index in [4.69, 9.17) is 0 Å². The van der Waals surface area contributed by atoms with Crippen LogP contribution < -0.4 is 0 Å². The standard InChI is InChI=1S/C8H10N2O/c1-2-4-7(11)8-9-5-3-6-10-8/h3,5-6H,2,4H2,1H3. The Labute approximate surface area is 65.5 Å². The first kappa shape index (κ1) is 7.85. The van der Waals surface area contributed by atoms with Crippen LogP contribution in [-0.2, 0) is 0 Å². The quantitative estimate of drug-likeness (QED) is 0.612. The Morgan fingerprint density at radius 2 is 2.09 bits per heavy atom. The number of nitrogens with zero attached hydrogens (tertiary/aromatic N) is 2. The minimum absolute atomic E-state index is 0.0214. The lowest BCUT2D eigenvalue weighted by molar-refractivity contribution is 0.0971. The fourth-order valence-electron chi connectivity index (χ4n) is 0.782. The Morgan fingerprint density at radius 3 is 2.64 bits per heavy atom. The fraction of sp³-hybridized carbons (Fsp3) is 0.375. The summed E-state index contributed by atoms with van der Waals surface area (Å²) in [4.78, 5) is 18.8. The third-order valence-corrected chi connectivity index (χ3v) is 1.29. The first-order valence-electron chi connectivity index (χ1n) is 3.65. The Balaban J connectivity index is 2.69. The number of aromatic nitrogens is 2. The molecule has 0 atom stereocenters. The maximum absolute atomic E-state index is 11.1. The van der Waals surface area contributed by atoms with Crippen molar-refractivity contribution in [2.45, 2.75) is 19.8 Å². The van der Waals surface area contributed by atoms with Crippen LogP contribution in [0.1, 0.15) is 30.4 Å². The van der Waals surface area contributed by atoms with Gasteiger partial charge in [0.1, 0.15) is 0 Å². The Kier molecular flexibility index (Phi) is 2.72.